The highest BCUT2D eigenvalue weighted by atomic mass is 35.5. The number of carbonyl (C=O) groups is 2. The predicted octanol–water partition coefficient (Wildman–Crippen LogP) is 2.74. The molecular weight excluding hydrogens is 404 g/mol. The minimum absolute atomic E-state index is 0.0406. The highest BCUT2D eigenvalue weighted by Crippen LogP contribution is 2.40. The lowest BCUT2D eigenvalue weighted by molar-refractivity contribution is -0.145. The Bertz CT molecular complexity index is 907. The molecule has 4 rings (SSSR count). The predicted molar refractivity (Wildman–Crippen MR) is 113 cm³/mol. The third-order valence-corrected chi connectivity index (χ3v) is 5.83. The van der Waals surface area contributed by atoms with Crippen LogP contribution in [0.5, 0.6) is 0 Å². The molecule has 1 N–H and O–H groups in total. The van der Waals surface area contributed by atoms with E-state index in [0.29, 0.717) is 42.9 Å². The van der Waals surface area contributed by atoms with Gasteiger partial charge in [0.25, 0.3) is 0 Å². The third-order valence-electron chi connectivity index (χ3n) is 5.63. The van der Waals surface area contributed by atoms with Crippen molar-refractivity contribution in [3.8, 4) is 0 Å². The van der Waals surface area contributed by atoms with Gasteiger partial charge in [-0.2, -0.15) is 0 Å². The number of benzene rings is 1. The van der Waals surface area contributed by atoms with Crippen LogP contribution in [0.3, 0.4) is 0 Å². The van der Waals surface area contributed by atoms with Gasteiger partial charge in [0.1, 0.15) is 6.61 Å². The summed E-state index contributed by atoms with van der Waals surface area (Å²) in [5.41, 5.74) is 2.01. The van der Waals surface area contributed by atoms with Crippen molar-refractivity contribution in [3.63, 3.8) is 0 Å². The van der Waals surface area contributed by atoms with Gasteiger partial charge in [-0.15, -0.1) is 10.2 Å². The van der Waals surface area contributed by atoms with Gasteiger partial charge < -0.3 is 15.0 Å². The number of halogens is 1. The van der Waals surface area contributed by atoms with Gasteiger partial charge in [0.15, 0.2) is 11.0 Å². The second-order valence-electron chi connectivity index (χ2n) is 8.32. The van der Waals surface area contributed by atoms with E-state index in [-0.39, 0.29) is 23.9 Å². The topological polar surface area (TPSA) is 84.4 Å². The number of aromatic nitrogens is 2. The lowest BCUT2D eigenvalue weighted by Crippen LogP contribution is -2.63. The Morgan fingerprint density at radius 1 is 1.17 bits per heavy atom. The van der Waals surface area contributed by atoms with Crippen LogP contribution in [0.4, 0.5) is 5.82 Å². The van der Waals surface area contributed by atoms with Crippen LogP contribution in [0.15, 0.2) is 36.4 Å². The lowest BCUT2D eigenvalue weighted by Gasteiger charge is -2.50. The molecule has 1 saturated heterocycles. The SMILES string of the molecule is CC(=O)OCC1(CNC(=O)Cc2ccc(C3CC3)cc2)CN(c2ccc(Cl)nn2)C1. The number of nitrogens with one attached hydrogen (secondary N) is 1. The fourth-order valence-electron chi connectivity index (χ4n) is 3.77. The van der Waals surface area contributed by atoms with Crippen molar-refractivity contribution in [1.29, 1.82) is 0 Å². The molecule has 0 spiro atoms. The molecule has 2 heterocycles. The quantitative estimate of drug-likeness (QED) is 0.651. The molecule has 2 aliphatic rings. The van der Waals surface area contributed by atoms with Crippen molar-refractivity contribution in [3.05, 3.63) is 52.7 Å². The summed E-state index contributed by atoms with van der Waals surface area (Å²) < 4.78 is 5.27. The molecular formula is C22H25ClN4O3. The van der Waals surface area contributed by atoms with Crippen LogP contribution < -0.4 is 10.2 Å². The van der Waals surface area contributed by atoms with E-state index in [1.807, 2.05) is 17.0 Å². The second kappa shape index (κ2) is 8.60. The summed E-state index contributed by atoms with van der Waals surface area (Å²) in [4.78, 5) is 25.8. The summed E-state index contributed by atoms with van der Waals surface area (Å²) >= 11 is 5.80. The van der Waals surface area contributed by atoms with E-state index >= 15 is 0 Å². The number of carbonyl (C=O) groups excluding carboxylic acids is 2. The van der Waals surface area contributed by atoms with Crippen LogP contribution in [0.1, 0.15) is 36.8 Å². The molecule has 0 atom stereocenters. The average molecular weight is 429 g/mol. The van der Waals surface area contributed by atoms with Crippen molar-refractivity contribution < 1.29 is 14.3 Å². The number of hydrogen-bond acceptors (Lipinski definition) is 6. The van der Waals surface area contributed by atoms with Gasteiger partial charge in [-0.1, -0.05) is 35.9 Å². The maximum Gasteiger partial charge on any atom is 0.302 e. The molecule has 8 heteroatoms. The number of anilines is 1. The zero-order chi connectivity index (χ0) is 21.1. The van der Waals surface area contributed by atoms with Crippen LogP contribution in [0.25, 0.3) is 0 Å². The number of amides is 1. The number of rotatable bonds is 8. The van der Waals surface area contributed by atoms with Crippen molar-refractivity contribution in [2.75, 3.05) is 31.1 Å². The van der Waals surface area contributed by atoms with E-state index in [9.17, 15) is 9.59 Å². The normalized spacial score (nSPS) is 17.2. The van der Waals surface area contributed by atoms with Gasteiger partial charge in [0.2, 0.25) is 5.91 Å². The number of nitrogens with zero attached hydrogens (tertiary/aromatic N) is 3. The van der Waals surface area contributed by atoms with Gasteiger partial charge in [-0.3, -0.25) is 9.59 Å². The minimum atomic E-state index is -0.349. The molecule has 0 unspecified atom stereocenters. The standard InChI is InChI=1S/C22H25ClN4O3/c1-15(28)30-14-22(12-27(13-22)20-9-8-19(23)25-26-20)11-24-21(29)10-16-2-4-17(5-3-16)18-6-7-18/h2-5,8-9,18H,6-7,10-14H2,1H3,(H,24,29). The van der Waals surface area contributed by atoms with Crippen molar-refractivity contribution >= 4 is 29.3 Å². The van der Waals surface area contributed by atoms with Crippen molar-refractivity contribution in [2.45, 2.75) is 32.1 Å². The first kappa shape index (κ1) is 20.6. The summed E-state index contributed by atoms with van der Waals surface area (Å²) in [6.07, 6.45) is 2.87. The first-order valence-corrected chi connectivity index (χ1v) is 10.5. The van der Waals surface area contributed by atoms with Crippen LogP contribution in [-0.2, 0) is 20.7 Å². The van der Waals surface area contributed by atoms with E-state index in [2.05, 4.69) is 27.6 Å². The molecule has 1 aromatic heterocycles. The summed E-state index contributed by atoms with van der Waals surface area (Å²) in [5, 5.41) is 11.3. The molecule has 7 nitrogen and oxygen atoms in total. The Kier molecular flexibility index (Phi) is 5.90. The van der Waals surface area contributed by atoms with Crippen molar-refractivity contribution in [1.82, 2.24) is 15.5 Å². The second-order valence-corrected chi connectivity index (χ2v) is 8.71. The van der Waals surface area contributed by atoms with Gasteiger partial charge in [-0.05, 0) is 42.0 Å². The minimum Gasteiger partial charge on any atom is -0.465 e. The van der Waals surface area contributed by atoms with Gasteiger partial charge in [-0.25, -0.2) is 0 Å². The molecule has 0 radical (unpaired) electrons. The van der Waals surface area contributed by atoms with Gasteiger partial charge in [0.05, 0.1) is 11.8 Å². The summed E-state index contributed by atoms with van der Waals surface area (Å²) in [5.74, 6) is 1.04. The Morgan fingerprint density at radius 2 is 1.90 bits per heavy atom. The largest absolute Gasteiger partial charge is 0.465 e. The molecule has 2 fully saturated rings. The molecule has 1 saturated carbocycles. The number of ether oxygens (including phenoxy) is 1. The Labute approximate surface area is 180 Å². The summed E-state index contributed by atoms with van der Waals surface area (Å²) in [6, 6.07) is 11.8. The first-order valence-electron chi connectivity index (χ1n) is 10.2. The Balaban J connectivity index is 1.32. The summed E-state index contributed by atoms with van der Waals surface area (Å²) in [7, 11) is 0. The highest BCUT2D eigenvalue weighted by Gasteiger charge is 2.45. The fourth-order valence-corrected chi connectivity index (χ4v) is 3.87. The number of esters is 1. The van der Waals surface area contributed by atoms with E-state index in [0.717, 1.165) is 5.56 Å². The Morgan fingerprint density at radius 3 is 2.50 bits per heavy atom. The van der Waals surface area contributed by atoms with Gasteiger partial charge in [0, 0.05) is 26.6 Å². The maximum absolute atomic E-state index is 12.5. The van der Waals surface area contributed by atoms with Crippen molar-refractivity contribution in [2.24, 2.45) is 5.41 Å². The zero-order valence-corrected chi connectivity index (χ0v) is 17.7. The van der Waals surface area contributed by atoms with Crippen LogP contribution in [-0.4, -0.2) is 48.3 Å². The van der Waals surface area contributed by atoms with Crippen LogP contribution in [0.2, 0.25) is 5.15 Å². The first-order chi connectivity index (χ1) is 14.4. The van der Waals surface area contributed by atoms with E-state index < -0.39 is 0 Å². The molecule has 1 aliphatic carbocycles. The van der Waals surface area contributed by atoms with E-state index in [1.165, 1.54) is 25.3 Å². The molecule has 1 amide bonds. The van der Waals surface area contributed by atoms with E-state index in [4.69, 9.17) is 16.3 Å². The molecule has 1 aromatic carbocycles. The fraction of sp³-hybridized carbons (Fsp3) is 0.455. The monoisotopic (exact) mass is 428 g/mol. The third kappa shape index (κ3) is 5.08. The average Bonchev–Trinajstić information content (AvgIpc) is 3.53. The molecule has 0 bridgehead atoms. The zero-order valence-electron chi connectivity index (χ0n) is 16.9. The lowest BCUT2D eigenvalue weighted by atomic mass is 9.80. The molecule has 2 aromatic rings. The van der Waals surface area contributed by atoms with Crippen LogP contribution >= 0.6 is 11.6 Å². The van der Waals surface area contributed by atoms with Gasteiger partial charge >= 0.3 is 5.97 Å². The highest BCUT2D eigenvalue weighted by molar-refractivity contribution is 6.29. The molecule has 1 aliphatic heterocycles. The molecule has 30 heavy (non-hydrogen) atoms. The maximum atomic E-state index is 12.5. The summed E-state index contributed by atoms with van der Waals surface area (Å²) in [6.45, 7) is 3.27. The molecule has 158 valence electrons. The smallest absolute Gasteiger partial charge is 0.302 e. The van der Waals surface area contributed by atoms with E-state index in [1.54, 1.807) is 12.1 Å². The number of hydrogen-bond donors (Lipinski definition) is 1. The Hall–Kier alpha value is -2.67. The van der Waals surface area contributed by atoms with Crippen LogP contribution in [0, 0.1) is 5.41 Å².